The number of amides is 2. The summed E-state index contributed by atoms with van der Waals surface area (Å²) < 4.78 is 5.49. The number of nitrogens with zero attached hydrogens (tertiary/aromatic N) is 1. The number of phenols is 1. The first-order valence-corrected chi connectivity index (χ1v) is 8.52. The number of benzene rings is 2. The van der Waals surface area contributed by atoms with Gasteiger partial charge in [-0.3, -0.25) is 9.59 Å². The largest absolute Gasteiger partial charge is 0.503 e. The molecule has 0 spiro atoms. The summed E-state index contributed by atoms with van der Waals surface area (Å²) in [5.41, 5.74) is 3.55. The van der Waals surface area contributed by atoms with Gasteiger partial charge in [0.1, 0.15) is 0 Å². The Balaban J connectivity index is 1.79. The number of ether oxygens (including phenoxy) is 1. The van der Waals surface area contributed by atoms with Crippen molar-refractivity contribution in [3.63, 3.8) is 0 Å². The number of aromatic hydroxyl groups is 1. The summed E-state index contributed by atoms with van der Waals surface area (Å²) in [5.74, 6) is -0.291. The second kappa shape index (κ2) is 9.57. The lowest BCUT2D eigenvalue weighted by atomic mass is 10.2. The Morgan fingerprint density at radius 2 is 2.00 bits per heavy atom. The predicted octanol–water partition coefficient (Wildman–Crippen LogP) is 2.43. The van der Waals surface area contributed by atoms with E-state index in [0.29, 0.717) is 15.6 Å². The number of hydrogen-bond acceptors (Lipinski definition) is 5. The molecular weight excluding hydrogens is 402 g/mol. The smallest absolute Gasteiger partial charge is 0.251 e. The SMILES string of the molecule is COc1cc(C=NNC(=O)CCNC(=O)c2ccccc2)cc(Br)c1O. The Morgan fingerprint density at radius 1 is 1.27 bits per heavy atom. The van der Waals surface area contributed by atoms with Crippen molar-refractivity contribution in [1.82, 2.24) is 10.7 Å². The van der Waals surface area contributed by atoms with Gasteiger partial charge in [0.2, 0.25) is 5.91 Å². The van der Waals surface area contributed by atoms with Gasteiger partial charge in [0.05, 0.1) is 17.8 Å². The third-order valence-corrected chi connectivity index (χ3v) is 3.95. The van der Waals surface area contributed by atoms with E-state index in [4.69, 9.17) is 4.74 Å². The van der Waals surface area contributed by atoms with Crippen LogP contribution in [0.5, 0.6) is 11.5 Å². The highest BCUT2D eigenvalue weighted by Crippen LogP contribution is 2.34. The molecule has 0 radical (unpaired) electrons. The van der Waals surface area contributed by atoms with Crippen molar-refractivity contribution >= 4 is 34.0 Å². The van der Waals surface area contributed by atoms with Gasteiger partial charge in [0, 0.05) is 18.5 Å². The zero-order chi connectivity index (χ0) is 18.9. The van der Waals surface area contributed by atoms with Gasteiger partial charge in [0.15, 0.2) is 11.5 Å². The van der Waals surface area contributed by atoms with Crippen molar-refractivity contribution in [1.29, 1.82) is 0 Å². The van der Waals surface area contributed by atoms with E-state index in [1.54, 1.807) is 36.4 Å². The van der Waals surface area contributed by atoms with Gasteiger partial charge in [-0.15, -0.1) is 0 Å². The molecular formula is C18H18BrN3O4. The van der Waals surface area contributed by atoms with E-state index in [2.05, 4.69) is 31.8 Å². The molecule has 2 aromatic carbocycles. The molecule has 7 nitrogen and oxygen atoms in total. The molecule has 3 N–H and O–H groups in total. The fraction of sp³-hybridized carbons (Fsp3) is 0.167. The number of carbonyl (C=O) groups excluding carboxylic acids is 2. The number of hydrogen-bond donors (Lipinski definition) is 3. The normalized spacial score (nSPS) is 10.5. The molecule has 136 valence electrons. The maximum atomic E-state index is 11.8. The lowest BCUT2D eigenvalue weighted by Gasteiger charge is -2.06. The Morgan fingerprint density at radius 3 is 2.69 bits per heavy atom. The lowest BCUT2D eigenvalue weighted by molar-refractivity contribution is -0.120. The molecule has 0 fully saturated rings. The fourth-order valence-electron chi connectivity index (χ4n) is 2.04. The fourth-order valence-corrected chi connectivity index (χ4v) is 2.50. The van der Waals surface area contributed by atoms with Crippen LogP contribution in [0.3, 0.4) is 0 Å². The van der Waals surface area contributed by atoms with Gasteiger partial charge >= 0.3 is 0 Å². The summed E-state index contributed by atoms with van der Waals surface area (Å²) in [6, 6.07) is 12.0. The second-order valence-electron chi connectivity index (χ2n) is 5.22. The molecule has 2 amide bonds. The molecule has 8 heteroatoms. The van der Waals surface area contributed by atoms with E-state index in [1.807, 2.05) is 6.07 Å². The van der Waals surface area contributed by atoms with Crippen LogP contribution >= 0.6 is 15.9 Å². The van der Waals surface area contributed by atoms with Crippen LogP contribution in [-0.2, 0) is 4.79 Å². The maximum Gasteiger partial charge on any atom is 0.251 e. The summed E-state index contributed by atoms with van der Waals surface area (Å²) >= 11 is 3.21. The van der Waals surface area contributed by atoms with Gasteiger partial charge in [-0.1, -0.05) is 18.2 Å². The Hall–Kier alpha value is -2.87. The van der Waals surface area contributed by atoms with Crippen molar-refractivity contribution in [3.05, 3.63) is 58.1 Å². The van der Waals surface area contributed by atoms with Gasteiger partial charge in [0.25, 0.3) is 5.91 Å². The van der Waals surface area contributed by atoms with Crippen LogP contribution in [0.1, 0.15) is 22.3 Å². The molecule has 0 saturated heterocycles. The standard InChI is InChI=1S/C18H18BrN3O4/c1-26-15-10-12(9-14(19)17(15)24)11-21-22-16(23)7-8-20-18(25)13-5-3-2-4-6-13/h2-6,9-11,24H,7-8H2,1H3,(H,20,25)(H,22,23). The zero-order valence-corrected chi connectivity index (χ0v) is 15.6. The molecule has 0 aliphatic rings. The molecule has 0 aliphatic heterocycles. The minimum atomic E-state index is -0.334. The average molecular weight is 420 g/mol. The molecule has 2 rings (SSSR count). The zero-order valence-electron chi connectivity index (χ0n) is 14.0. The summed E-state index contributed by atoms with van der Waals surface area (Å²) in [5, 5.41) is 16.3. The Kier molecular flexibility index (Phi) is 7.16. The van der Waals surface area contributed by atoms with Crippen molar-refractivity contribution < 1.29 is 19.4 Å². The molecule has 0 heterocycles. The third kappa shape index (κ3) is 5.59. The number of rotatable bonds is 7. The number of phenolic OH excluding ortho intramolecular Hbond substituents is 1. The third-order valence-electron chi connectivity index (χ3n) is 3.35. The van der Waals surface area contributed by atoms with E-state index in [0.717, 1.165) is 0 Å². The molecule has 2 aromatic rings. The topological polar surface area (TPSA) is 100 Å². The summed E-state index contributed by atoms with van der Waals surface area (Å²) in [6.45, 7) is 0.202. The predicted molar refractivity (Wildman–Crippen MR) is 101 cm³/mol. The number of carbonyl (C=O) groups is 2. The van der Waals surface area contributed by atoms with E-state index in [-0.39, 0.29) is 36.3 Å². The first-order valence-electron chi connectivity index (χ1n) is 7.73. The number of hydrazone groups is 1. The van der Waals surface area contributed by atoms with Crippen molar-refractivity contribution in [2.45, 2.75) is 6.42 Å². The first-order chi connectivity index (χ1) is 12.5. The summed E-state index contributed by atoms with van der Waals surface area (Å²) in [6.07, 6.45) is 1.52. The van der Waals surface area contributed by atoms with Crippen LogP contribution in [0.25, 0.3) is 0 Å². The molecule has 26 heavy (non-hydrogen) atoms. The highest BCUT2D eigenvalue weighted by Gasteiger charge is 2.08. The molecule has 0 unspecified atom stereocenters. The minimum absolute atomic E-state index is 0.0113. The second-order valence-corrected chi connectivity index (χ2v) is 6.07. The number of halogens is 1. The van der Waals surface area contributed by atoms with Crippen LogP contribution < -0.4 is 15.5 Å². The highest BCUT2D eigenvalue weighted by molar-refractivity contribution is 9.10. The van der Waals surface area contributed by atoms with E-state index in [1.165, 1.54) is 13.3 Å². The number of methoxy groups -OCH3 is 1. The summed E-state index contributed by atoms with van der Waals surface area (Å²) in [4.78, 5) is 23.6. The quantitative estimate of drug-likeness (QED) is 0.473. The van der Waals surface area contributed by atoms with E-state index < -0.39 is 0 Å². The number of nitrogens with one attached hydrogen (secondary N) is 2. The molecule has 0 aromatic heterocycles. The Labute approximate surface area is 159 Å². The summed E-state index contributed by atoms with van der Waals surface area (Å²) in [7, 11) is 1.44. The van der Waals surface area contributed by atoms with Gasteiger partial charge in [-0.25, -0.2) is 5.43 Å². The van der Waals surface area contributed by atoms with E-state index in [9.17, 15) is 14.7 Å². The molecule has 0 bridgehead atoms. The van der Waals surface area contributed by atoms with Crippen LogP contribution in [0, 0.1) is 0 Å². The van der Waals surface area contributed by atoms with Gasteiger partial charge < -0.3 is 15.2 Å². The molecule has 0 saturated carbocycles. The Bertz CT molecular complexity index is 810. The van der Waals surface area contributed by atoms with Crippen molar-refractivity contribution in [2.75, 3.05) is 13.7 Å². The van der Waals surface area contributed by atoms with Crippen LogP contribution in [0.15, 0.2) is 52.0 Å². The highest BCUT2D eigenvalue weighted by atomic mass is 79.9. The minimum Gasteiger partial charge on any atom is -0.503 e. The van der Waals surface area contributed by atoms with Crippen molar-refractivity contribution in [2.24, 2.45) is 5.10 Å². The van der Waals surface area contributed by atoms with Gasteiger partial charge in [-0.2, -0.15) is 5.10 Å². The molecule has 0 atom stereocenters. The van der Waals surface area contributed by atoms with Gasteiger partial charge in [-0.05, 0) is 45.8 Å². The maximum absolute atomic E-state index is 11.8. The average Bonchev–Trinajstić information content (AvgIpc) is 2.65. The van der Waals surface area contributed by atoms with Crippen molar-refractivity contribution in [3.8, 4) is 11.5 Å². The first kappa shape index (κ1) is 19.5. The van der Waals surface area contributed by atoms with Crippen LogP contribution in [0.2, 0.25) is 0 Å². The van der Waals surface area contributed by atoms with Crippen LogP contribution in [0.4, 0.5) is 0 Å². The van der Waals surface area contributed by atoms with Crippen LogP contribution in [-0.4, -0.2) is 36.8 Å². The van der Waals surface area contributed by atoms with E-state index >= 15 is 0 Å². The monoisotopic (exact) mass is 419 g/mol. The molecule has 0 aliphatic carbocycles. The lowest BCUT2D eigenvalue weighted by Crippen LogP contribution is -2.28.